The van der Waals surface area contributed by atoms with Crippen molar-refractivity contribution < 1.29 is 4.40 Å². The van der Waals surface area contributed by atoms with Gasteiger partial charge in [-0.05, 0) is 35.4 Å². The van der Waals surface area contributed by atoms with E-state index in [0.717, 1.165) is 33.4 Å². The monoisotopic (exact) mass is 383 g/mol. The second kappa shape index (κ2) is 6.63. The van der Waals surface area contributed by atoms with E-state index < -0.39 is 0 Å². The van der Waals surface area contributed by atoms with Gasteiger partial charge < -0.3 is 4.98 Å². The Morgan fingerprint density at radius 1 is 0.679 bits per heavy atom. The maximum atomic E-state index is 12.9. The van der Waals surface area contributed by atoms with Gasteiger partial charge in [0.25, 0.3) is 5.52 Å². The lowest BCUT2D eigenvalue weighted by Crippen LogP contribution is -2.33. The lowest BCUT2D eigenvalue weighted by atomic mass is 10.0. The van der Waals surface area contributed by atoms with Gasteiger partial charge in [-0.2, -0.15) is 0 Å². The summed E-state index contributed by atoms with van der Waals surface area (Å²) in [6, 6.07) is 29.7. The summed E-state index contributed by atoms with van der Waals surface area (Å²) in [5.74, 6) is 0. The molecule has 0 bridgehead atoms. The summed E-state index contributed by atoms with van der Waals surface area (Å²) in [5.41, 5.74) is 6.08. The van der Waals surface area contributed by atoms with Crippen LogP contribution in [0.4, 0.5) is 0 Å². The van der Waals surface area contributed by atoms with Gasteiger partial charge in [-0.1, -0.05) is 60.1 Å². The van der Waals surface area contributed by atoms with E-state index in [9.17, 15) is 4.79 Å². The van der Waals surface area contributed by atoms with Crippen molar-refractivity contribution in [2.45, 2.75) is 0 Å². The number of H-pyrrole nitrogens is 1. The van der Waals surface area contributed by atoms with Crippen LogP contribution in [0.2, 0.25) is 5.02 Å². The maximum absolute atomic E-state index is 12.9. The van der Waals surface area contributed by atoms with Gasteiger partial charge in [0, 0.05) is 28.8 Å². The molecule has 0 saturated heterocycles. The number of aromatic nitrogens is 2. The fourth-order valence-electron chi connectivity index (χ4n) is 3.62. The third kappa shape index (κ3) is 2.77. The average Bonchev–Trinajstić information content (AvgIpc) is 2.75. The molecule has 2 aromatic heterocycles. The predicted octanol–water partition coefficient (Wildman–Crippen LogP) is 5.25. The Bertz CT molecular complexity index is 1380. The van der Waals surface area contributed by atoms with Crippen molar-refractivity contribution in [2.75, 3.05) is 0 Å². The molecular formula is C24H16ClN2O+. The van der Waals surface area contributed by atoms with E-state index in [4.69, 9.17) is 11.6 Å². The number of hydrogen-bond acceptors (Lipinski definition) is 1. The van der Waals surface area contributed by atoms with Crippen molar-refractivity contribution >= 4 is 28.2 Å². The molecule has 0 aliphatic carbocycles. The molecular weight excluding hydrogens is 368 g/mol. The minimum Gasteiger partial charge on any atom is -0.311 e. The molecule has 0 saturated carbocycles. The van der Waals surface area contributed by atoms with Crippen molar-refractivity contribution in [3.05, 3.63) is 106 Å². The molecule has 0 aliphatic heterocycles. The Kier molecular flexibility index (Phi) is 3.96. The number of rotatable bonds is 2. The van der Waals surface area contributed by atoms with Crippen LogP contribution >= 0.6 is 11.6 Å². The summed E-state index contributed by atoms with van der Waals surface area (Å²) in [6.45, 7) is 0. The molecule has 1 N–H and O–H groups in total. The number of hydrogen-bond donors (Lipinski definition) is 1. The van der Waals surface area contributed by atoms with Gasteiger partial charge >= 0.3 is 5.56 Å². The number of halogens is 1. The fraction of sp³-hybridized carbons (Fsp3) is 0. The number of fused-ring (bicyclic) bond motifs is 3. The average molecular weight is 384 g/mol. The SMILES string of the molecule is O=c1[nH]c2ccc(Cl)cc2[n+]2c(-c3ccccc3)cc(-c3ccccc3)cc12. The lowest BCUT2D eigenvalue weighted by Gasteiger charge is -2.07. The molecule has 0 fully saturated rings. The smallest absolute Gasteiger partial charge is 0.311 e. The van der Waals surface area contributed by atoms with Crippen molar-refractivity contribution in [2.24, 2.45) is 0 Å². The van der Waals surface area contributed by atoms with Gasteiger partial charge in [-0.15, -0.1) is 4.40 Å². The van der Waals surface area contributed by atoms with Gasteiger partial charge in [0.05, 0.1) is 0 Å². The number of pyridine rings is 1. The van der Waals surface area contributed by atoms with E-state index in [-0.39, 0.29) is 5.56 Å². The number of nitrogens with zero attached hydrogens (tertiary/aromatic N) is 1. The molecule has 0 amide bonds. The Morgan fingerprint density at radius 2 is 1.36 bits per heavy atom. The van der Waals surface area contributed by atoms with Gasteiger partial charge in [0.2, 0.25) is 11.2 Å². The second-order valence-corrected chi connectivity index (χ2v) is 7.13. The Labute approximate surface area is 166 Å². The normalized spacial score (nSPS) is 11.2. The fourth-order valence-corrected chi connectivity index (χ4v) is 3.79. The van der Waals surface area contributed by atoms with Gasteiger partial charge in [-0.3, -0.25) is 4.79 Å². The third-order valence-corrected chi connectivity index (χ3v) is 5.16. The molecule has 0 aliphatic rings. The van der Waals surface area contributed by atoms with Crippen LogP contribution in [-0.2, 0) is 0 Å². The Balaban J connectivity index is 1.98. The van der Waals surface area contributed by atoms with Crippen LogP contribution < -0.4 is 9.96 Å². The van der Waals surface area contributed by atoms with Crippen molar-refractivity contribution in [1.82, 2.24) is 4.98 Å². The molecule has 28 heavy (non-hydrogen) atoms. The molecule has 3 nitrogen and oxygen atoms in total. The van der Waals surface area contributed by atoms with E-state index in [1.54, 1.807) is 6.07 Å². The van der Waals surface area contributed by atoms with Crippen LogP contribution in [0, 0.1) is 0 Å². The molecule has 134 valence electrons. The van der Waals surface area contributed by atoms with E-state index in [1.807, 2.05) is 83.3 Å². The topological polar surface area (TPSA) is 37.0 Å². The van der Waals surface area contributed by atoms with Crippen molar-refractivity contribution in [1.29, 1.82) is 0 Å². The summed E-state index contributed by atoms with van der Waals surface area (Å²) in [7, 11) is 0. The Hall–Kier alpha value is -3.43. The molecule has 3 aromatic carbocycles. The standard InChI is InChI=1S/C24H15ClN2O/c25-19-11-12-20-22(15-19)27-21(17-9-5-2-6-10-17)13-18(14-23(27)24(28)26-20)16-7-3-1-4-8-16/h1-15H/p+1. The van der Waals surface area contributed by atoms with E-state index in [1.165, 1.54) is 0 Å². The second-order valence-electron chi connectivity index (χ2n) is 6.70. The van der Waals surface area contributed by atoms with E-state index in [2.05, 4.69) is 11.1 Å². The first kappa shape index (κ1) is 16.7. The first-order valence-electron chi connectivity index (χ1n) is 9.03. The zero-order valence-electron chi connectivity index (χ0n) is 14.9. The molecule has 0 radical (unpaired) electrons. The van der Waals surface area contributed by atoms with Crippen LogP contribution in [0.25, 0.3) is 38.9 Å². The molecule has 0 spiro atoms. The van der Waals surface area contributed by atoms with Crippen LogP contribution in [0.15, 0.2) is 95.8 Å². The van der Waals surface area contributed by atoms with E-state index >= 15 is 0 Å². The highest BCUT2D eigenvalue weighted by atomic mass is 35.5. The number of benzene rings is 3. The minimum absolute atomic E-state index is 0.134. The summed E-state index contributed by atoms with van der Waals surface area (Å²) >= 11 is 6.28. The molecule has 0 unspecified atom stereocenters. The third-order valence-electron chi connectivity index (χ3n) is 4.92. The first-order valence-corrected chi connectivity index (χ1v) is 9.41. The molecule has 2 heterocycles. The van der Waals surface area contributed by atoms with Crippen LogP contribution in [0.1, 0.15) is 0 Å². The summed E-state index contributed by atoms with van der Waals surface area (Å²) in [4.78, 5) is 15.9. The van der Waals surface area contributed by atoms with E-state index in [0.29, 0.717) is 10.5 Å². The van der Waals surface area contributed by atoms with Gasteiger partial charge in [0.1, 0.15) is 5.52 Å². The van der Waals surface area contributed by atoms with Gasteiger partial charge in [-0.25, -0.2) is 0 Å². The van der Waals surface area contributed by atoms with Crippen molar-refractivity contribution in [3.63, 3.8) is 0 Å². The predicted molar refractivity (Wildman–Crippen MR) is 114 cm³/mol. The minimum atomic E-state index is -0.134. The summed E-state index contributed by atoms with van der Waals surface area (Å²) < 4.78 is 1.99. The molecule has 4 heteroatoms. The zero-order chi connectivity index (χ0) is 19.1. The highest BCUT2D eigenvalue weighted by Gasteiger charge is 2.22. The van der Waals surface area contributed by atoms with Crippen LogP contribution in [0.3, 0.4) is 0 Å². The molecule has 0 atom stereocenters. The van der Waals surface area contributed by atoms with Gasteiger partial charge in [0.15, 0.2) is 0 Å². The Morgan fingerprint density at radius 3 is 2.07 bits per heavy atom. The number of aromatic amines is 1. The first-order chi connectivity index (χ1) is 13.7. The quantitative estimate of drug-likeness (QED) is 0.328. The lowest BCUT2D eigenvalue weighted by molar-refractivity contribution is -0.470. The highest BCUT2D eigenvalue weighted by molar-refractivity contribution is 6.31. The molecule has 5 rings (SSSR count). The number of nitrogens with one attached hydrogen (secondary N) is 1. The van der Waals surface area contributed by atoms with Crippen LogP contribution in [0.5, 0.6) is 0 Å². The largest absolute Gasteiger partial charge is 0.321 e. The van der Waals surface area contributed by atoms with Crippen LogP contribution in [-0.4, -0.2) is 4.98 Å². The summed E-state index contributed by atoms with van der Waals surface area (Å²) in [6.07, 6.45) is 0. The van der Waals surface area contributed by atoms with Crippen molar-refractivity contribution in [3.8, 4) is 22.4 Å². The highest BCUT2D eigenvalue weighted by Crippen LogP contribution is 2.26. The maximum Gasteiger partial charge on any atom is 0.321 e. The molecule has 5 aromatic rings. The summed E-state index contributed by atoms with van der Waals surface area (Å²) in [5, 5.41) is 0.625. The zero-order valence-corrected chi connectivity index (χ0v) is 15.6.